The molecule has 1 atom stereocenters. The van der Waals surface area contributed by atoms with Crippen molar-refractivity contribution in [3.63, 3.8) is 0 Å². The van der Waals surface area contributed by atoms with Crippen LogP contribution in [-0.4, -0.2) is 24.7 Å². The molecule has 29 heavy (non-hydrogen) atoms. The number of anilines is 1. The van der Waals surface area contributed by atoms with Gasteiger partial charge in [-0.3, -0.25) is 9.78 Å². The molecular weight excluding hydrogens is 392 g/mol. The van der Waals surface area contributed by atoms with E-state index < -0.39 is 6.10 Å². The number of rotatable bonds is 4. The maximum Gasteiger partial charge on any atom is 0.266 e. The second-order valence-electron chi connectivity index (χ2n) is 6.47. The molecule has 0 radical (unpaired) electrons. The minimum atomic E-state index is -0.428. The predicted octanol–water partition coefficient (Wildman–Crippen LogP) is 3.16. The molecule has 0 aliphatic carbocycles. The molecule has 2 N–H and O–H groups in total. The predicted molar refractivity (Wildman–Crippen MR) is 111 cm³/mol. The van der Waals surface area contributed by atoms with Crippen LogP contribution in [0.1, 0.15) is 18.7 Å². The summed E-state index contributed by atoms with van der Waals surface area (Å²) >= 11 is 6.09. The van der Waals surface area contributed by atoms with Gasteiger partial charge in [-0.1, -0.05) is 11.6 Å². The highest BCUT2D eigenvalue weighted by molar-refractivity contribution is 6.30. The molecular formula is C20H17ClN6O2. The Bertz CT molecular complexity index is 1270. The summed E-state index contributed by atoms with van der Waals surface area (Å²) in [5, 5.41) is 5.35. The molecule has 0 bridgehead atoms. The van der Waals surface area contributed by atoms with Gasteiger partial charge in [-0.15, -0.1) is 0 Å². The first-order valence-electron chi connectivity index (χ1n) is 8.79. The van der Waals surface area contributed by atoms with Gasteiger partial charge in [0.05, 0.1) is 15.9 Å². The lowest BCUT2D eigenvalue weighted by molar-refractivity contribution is 0.222. The van der Waals surface area contributed by atoms with E-state index in [0.717, 1.165) is 11.1 Å². The average Bonchev–Trinajstić information content (AvgIpc) is 2.70. The molecule has 0 aliphatic rings. The smallest absolute Gasteiger partial charge is 0.266 e. The van der Waals surface area contributed by atoms with Crippen molar-refractivity contribution in [3.8, 4) is 16.9 Å². The van der Waals surface area contributed by atoms with Gasteiger partial charge in [-0.25, -0.2) is 14.6 Å². The van der Waals surface area contributed by atoms with E-state index in [2.05, 4.69) is 20.1 Å². The number of nitrogens with two attached hydrogens (primary N) is 1. The lowest BCUT2D eigenvalue weighted by Gasteiger charge is -2.18. The fourth-order valence-corrected chi connectivity index (χ4v) is 3.22. The molecule has 9 heteroatoms. The third-order valence-corrected chi connectivity index (χ3v) is 4.70. The van der Waals surface area contributed by atoms with Crippen molar-refractivity contribution in [2.45, 2.75) is 13.0 Å². The Labute approximate surface area is 171 Å². The lowest BCUT2D eigenvalue weighted by atomic mass is 10.0. The highest BCUT2D eigenvalue weighted by Gasteiger charge is 2.17. The largest absolute Gasteiger partial charge is 0.483 e. The van der Waals surface area contributed by atoms with E-state index in [0.29, 0.717) is 33.2 Å². The number of benzene rings is 1. The van der Waals surface area contributed by atoms with Crippen molar-refractivity contribution in [3.05, 3.63) is 70.1 Å². The maximum atomic E-state index is 11.6. The van der Waals surface area contributed by atoms with Gasteiger partial charge in [-0.2, -0.15) is 5.10 Å². The SMILES string of the molecule is C[C@H](Oc1ccc(-c2cncc(Cl)c2)c2ncnc(N)c12)c1ccc(=O)n(C)n1. The first kappa shape index (κ1) is 18.8. The topological polar surface area (TPSA) is 109 Å². The van der Waals surface area contributed by atoms with Crippen LogP contribution in [0.5, 0.6) is 5.75 Å². The Morgan fingerprint density at radius 1 is 1.17 bits per heavy atom. The van der Waals surface area contributed by atoms with Crippen molar-refractivity contribution in [2.24, 2.45) is 7.05 Å². The van der Waals surface area contributed by atoms with Gasteiger partial charge < -0.3 is 10.5 Å². The fourth-order valence-electron chi connectivity index (χ4n) is 3.05. The standard InChI is InChI=1S/C20H17ClN6O2/c1-11(15-4-6-17(28)27(2)26-15)29-16-5-3-14(12-7-13(21)9-23-8-12)19-18(16)20(22)25-10-24-19/h3-11H,1-2H3,(H2,22,24,25)/t11-/m0/s1. The molecule has 0 saturated heterocycles. The molecule has 0 fully saturated rings. The summed E-state index contributed by atoms with van der Waals surface area (Å²) in [5.74, 6) is 0.808. The summed E-state index contributed by atoms with van der Waals surface area (Å²) in [4.78, 5) is 24.2. The number of hydrogen-bond acceptors (Lipinski definition) is 7. The normalized spacial score (nSPS) is 12.1. The Kier molecular flexibility index (Phi) is 4.85. The third kappa shape index (κ3) is 3.62. The molecule has 4 aromatic rings. The van der Waals surface area contributed by atoms with Crippen LogP contribution in [0.3, 0.4) is 0 Å². The summed E-state index contributed by atoms with van der Waals surface area (Å²) < 4.78 is 7.39. The molecule has 4 rings (SSSR count). The monoisotopic (exact) mass is 408 g/mol. The van der Waals surface area contributed by atoms with Crippen molar-refractivity contribution in [2.75, 3.05) is 5.73 Å². The van der Waals surface area contributed by atoms with Crippen molar-refractivity contribution in [1.82, 2.24) is 24.7 Å². The fraction of sp³-hybridized carbons (Fsp3) is 0.150. The zero-order chi connectivity index (χ0) is 20.5. The minimum Gasteiger partial charge on any atom is -0.483 e. The van der Waals surface area contributed by atoms with Crippen LogP contribution in [0.2, 0.25) is 5.02 Å². The minimum absolute atomic E-state index is 0.191. The van der Waals surface area contributed by atoms with E-state index in [1.807, 2.05) is 13.0 Å². The van der Waals surface area contributed by atoms with Gasteiger partial charge in [0.25, 0.3) is 5.56 Å². The van der Waals surface area contributed by atoms with Crippen LogP contribution in [0.15, 0.2) is 53.8 Å². The van der Waals surface area contributed by atoms with E-state index in [1.54, 1.807) is 37.6 Å². The van der Waals surface area contributed by atoms with Gasteiger partial charge in [0, 0.05) is 36.6 Å². The number of nitrogen functional groups attached to an aromatic ring is 1. The van der Waals surface area contributed by atoms with E-state index >= 15 is 0 Å². The molecule has 3 heterocycles. The highest BCUT2D eigenvalue weighted by Crippen LogP contribution is 2.37. The second kappa shape index (κ2) is 7.48. The first-order valence-corrected chi connectivity index (χ1v) is 9.17. The zero-order valence-electron chi connectivity index (χ0n) is 15.7. The Morgan fingerprint density at radius 2 is 2.00 bits per heavy atom. The molecule has 3 aromatic heterocycles. The third-order valence-electron chi connectivity index (χ3n) is 4.50. The summed E-state index contributed by atoms with van der Waals surface area (Å²) in [6.45, 7) is 1.84. The van der Waals surface area contributed by atoms with Crippen LogP contribution in [0.25, 0.3) is 22.0 Å². The Morgan fingerprint density at radius 3 is 2.76 bits per heavy atom. The van der Waals surface area contributed by atoms with Crippen LogP contribution in [0, 0.1) is 0 Å². The number of ether oxygens (including phenoxy) is 1. The summed E-state index contributed by atoms with van der Waals surface area (Å²) in [6, 6.07) is 8.57. The molecule has 0 amide bonds. The van der Waals surface area contributed by atoms with E-state index in [1.165, 1.54) is 17.1 Å². The van der Waals surface area contributed by atoms with E-state index in [-0.39, 0.29) is 5.56 Å². The van der Waals surface area contributed by atoms with Crippen LogP contribution in [-0.2, 0) is 7.05 Å². The number of aromatic nitrogens is 5. The van der Waals surface area contributed by atoms with Crippen LogP contribution < -0.4 is 16.0 Å². The van der Waals surface area contributed by atoms with Crippen molar-refractivity contribution in [1.29, 1.82) is 0 Å². The van der Waals surface area contributed by atoms with Gasteiger partial charge >= 0.3 is 0 Å². The number of pyridine rings is 1. The number of fused-ring (bicyclic) bond motifs is 1. The molecule has 8 nitrogen and oxygen atoms in total. The molecule has 146 valence electrons. The average molecular weight is 409 g/mol. The molecule has 0 saturated carbocycles. The van der Waals surface area contributed by atoms with Gasteiger partial charge in [0.15, 0.2) is 0 Å². The summed E-state index contributed by atoms with van der Waals surface area (Å²) in [7, 11) is 1.59. The van der Waals surface area contributed by atoms with E-state index in [4.69, 9.17) is 22.1 Å². The first-order chi connectivity index (χ1) is 13.9. The van der Waals surface area contributed by atoms with Gasteiger partial charge in [0.2, 0.25) is 0 Å². The lowest BCUT2D eigenvalue weighted by Crippen LogP contribution is -2.21. The van der Waals surface area contributed by atoms with Crippen molar-refractivity contribution >= 4 is 28.3 Å². The number of aryl methyl sites for hydroxylation is 1. The number of halogens is 1. The molecule has 1 aromatic carbocycles. The van der Waals surface area contributed by atoms with Crippen molar-refractivity contribution < 1.29 is 4.74 Å². The van der Waals surface area contributed by atoms with Crippen LogP contribution >= 0.6 is 11.6 Å². The Balaban J connectivity index is 1.81. The molecule has 0 aliphatic heterocycles. The van der Waals surface area contributed by atoms with Gasteiger partial charge in [0.1, 0.15) is 29.7 Å². The quantitative estimate of drug-likeness (QED) is 0.552. The summed E-state index contributed by atoms with van der Waals surface area (Å²) in [6.07, 6.45) is 4.25. The zero-order valence-corrected chi connectivity index (χ0v) is 16.5. The van der Waals surface area contributed by atoms with E-state index in [9.17, 15) is 4.79 Å². The number of nitrogens with zero attached hydrogens (tertiary/aromatic N) is 5. The molecule has 0 unspecified atom stereocenters. The van der Waals surface area contributed by atoms with Crippen LogP contribution in [0.4, 0.5) is 5.82 Å². The maximum absolute atomic E-state index is 11.6. The summed E-state index contributed by atoms with van der Waals surface area (Å²) in [5.41, 5.74) is 8.82. The Hall–Kier alpha value is -3.52. The molecule has 0 spiro atoms. The second-order valence-corrected chi connectivity index (χ2v) is 6.90. The highest BCUT2D eigenvalue weighted by atomic mass is 35.5. The van der Waals surface area contributed by atoms with Gasteiger partial charge in [-0.05, 0) is 31.2 Å². The number of hydrogen-bond donors (Lipinski definition) is 1.